The monoisotopic (exact) mass is 336 g/mol. The number of methoxy groups -OCH3 is 1. The van der Waals surface area contributed by atoms with E-state index in [4.69, 9.17) is 10.5 Å². The molecule has 3 atom stereocenters. The van der Waals surface area contributed by atoms with Crippen molar-refractivity contribution in [1.29, 1.82) is 0 Å². The molecule has 0 saturated heterocycles. The molecule has 2 bridgehead atoms. The number of hydrogen-bond donors (Lipinski definition) is 2. The van der Waals surface area contributed by atoms with Crippen molar-refractivity contribution in [3.63, 3.8) is 0 Å². The van der Waals surface area contributed by atoms with Gasteiger partial charge in [0.2, 0.25) is 5.91 Å². The Morgan fingerprint density at radius 1 is 1.26 bits per heavy atom. The normalized spacial score (nSPS) is 25.4. The molecule has 0 radical (unpaired) electrons. The van der Waals surface area contributed by atoms with E-state index in [1.165, 1.54) is 13.5 Å². The Kier molecular flexibility index (Phi) is 4.14. The number of nitrogens with one attached hydrogen (secondary N) is 1. The smallest absolute Gasteiger partial charge is 0.348 e. The number of anilines is 1. The first-order valence-electron chi connectivity index (χ1n) is 7.74. The first kappa shape index (κ1) is 16.0. The Morgan fingerprint density at radius 2 is 2.00 bits per heavy atom. The number of nitrogens with two attached hydrogens (primary N) is 1. The van der Waals surface area contributed by atoms with Gasteiger partial charge in [-0.05, 0) is 43.6 Å². The summed E-state index contributed by atoms with van der Waals surface area (Å²) in [5.74, 6) is -0.163. The van der Waals surface area contributed by atoms with E-state index in [0.717, 1.165) is 30.6 Å². The van der Waals surface area contributed by atoms with Gasteiger partial charge in [-0.25, -0.2) is 4.79 Å². The molecule has 124 valence electrons. The van der Waals surface area contributed by atoms with Gasteiger partial charge in [0, 0.05) is 5.92 Å². The summed E-state index contributed by atoms with van der Waals surface area (Å²) in [6.07, 6.45) is 4.35. The van der Waals surface area contributed by atoms with Crippen molar-refractivity contribution in [2.45, 2.75) is 32.6 Å². The molecule has 2 saturated carbocycles. The molecule has 3 rings (SSSR count). The standard InChI is InChI=1S/C16H20N2O4S/c1-7-11(13(17)19)15(23-12(7)16(21)22-2)18-14(20)10-6-8-3-4-9(10)5-8/h8-10H,3-6H2,1-2H3,(H2,17,19)(H,18,20)/t8-,9+,10+/m0/s1. The lowest BCUT2D eigenvalue weighted by atomic mass is 9.88. The summed E-state index contributed by atoms with van der Waals surface area (Å²) in [6, 6.07) is 0. The zero-order valence-corrected chi connectivity index (χ0v) is 14.0. The second-order valence-electron chi connectivity index (χ2n) is 6.39. The van der Waals surface area contributed by atoms with Gasteiger partial charge >= 0.3 is 5.97 Å². The molecule has 0 aromatic carbocycles. The fraction of sp³-hybridized carbons (Fsp3) is 0.562. The lowest BCUT2D eigenvalue weighted by Crippen LogP contribution is -2.27. The predicted octanol–water partition coefficient (Wildman–Crippen LogP) is 2.32. The molecule has 2 amide bonds. The van der Waals surface area contributed by atoms with Crippen molar-refractivity contribution in [3.05, 3.63) is 16.0 Å². The Morgan fingerprint density at radius 3 is 2.52 bits per heavy atom. The van der Waals surface area contributed by atoms with Crippen LogP contribution in [0.3, 0.4) is 0 Å². The summed E-state index contributed by atoms with van der Waals surface area (Å²) in [6.45, 7) is 1.63. The minimum atomic E-state index is -0.655. The Labute approximate surface area is 138 Å². The Bertz CT molecular complexity index is 682. The van der Waals surface area contributed by atoms with Crippen LogP contribution in [-0.4, -0.2) is 24.9 Å². The average molecular weight is 336 g/mol. The lowest BCUT2D eigenvalue weighted by molar-refractivity contribution is -0.121. The number of ether oxygens (including phenoxy) is 1. The highest BCUT2D eigenvalue weighted by Gasteiger charge is 2.43. The lowest BCUT2D eigenvalue weighted by Gasteiger charge is -2.20. The molecule has 1 heterocycles. The molecule has 7 heteroatoms. The van der Waals surface area contributed by atoms with Gasteiger partial charge in [0.25, 0.3) is 5.91 Å². The van der Waals surface area contributed by atoms with Gasteiger partial charge in [0.05, 0.1) is 12.7 Å². The number of hydrogen-bond acceptors (Lipinski definition) is 5. The van der Waals surface area contributed by atoms with E-state index in [9.17, 15) is 14.4 Å². The van der Waals surface area contributed by atoms with Crippen LogP contribution in [0.25, 0.3) is 0 Å². The number of thiophene rings is 1. The Balaban J connectivity index is 1.85. The van der Waals surface area contributed by atoms with E-state index >= 15 is 0 Å². The summed E-state index contributed by atoms with van der Waals surface area (Å²) in [5, 5.41) is 3.18. The van der Waals surface area contributed by atoms with Crippen LogP contribution >= 0.6 is 11.3 Å². The average Bonchev–Trinajstić information content (AvgIpc) is 3.20. The van der Waals surface area contributed by atoms with Crippen molar-refractivity contribution < 1.29 is 19.1 Å². The maximum Gasteiger partial charge on any atom is 0.348 e. The van der Waals surface area contributed by atoms with E-state index < -0.39 is 11.9 Å². The van der Waals surface area contributed by atoms with Crippen LogP contribution in [-0.2, 0) is 9.53 Å². The summed E-state index contributed by atoms with van der Waals surface area (Å²) >= 11 is 1.05. The van der Waals surface area contributed by atoms with Crippen LogP contribution in [0.15, 0.2) is 0 Å². The van der Waals surface area contributed by atoms with Gasteiger partial charge in [0.15, 0.2) is 0 Å². The van der Waals surface area contributed by atoms with Gasteiger partial charge in [-0.3, -0.25) is 9.59 Å². The third kappa shape index (κ3) is 2.73. The zero-order chi connectivity index (χ0) is 16.7. The van der Waals surface area contributed by atoms with Crippen LogP contribution in [0, 0.1) is 24.7 Å². The number of carbonyl (C=O) groups is 3. The summed E-state index contributed by atoms with van der Waals surface area (Å²) in [5.41, 5.74) is 6.08. The molecule has 23 heavy (non-hydrogen) atoms. The van der Waals surface area contributed by atoms with E-state index in [-0.39, 0.29) is 17.4 Å². The molecule has 3 N–H and O–H groups in total. The van der Waals surface area contributed by atoms with Crippen molar-refractivity contribution in [3.8, 4) is 0 Å². The van der Waals surface area contributed by atoms with E-state index in [1.54, 1.807) is 6.92 Å². The number of carbonyl (C=O) groups excluding carboxylic acids is 3. The van der Waals surface area contributed by atoms with Crippen LogP contribution < -0.4 is 11.1 Å². The quantitative estimate of drug-likeness (QED) is 0.824. The van der Waals surface area contributed by atoms with Crippen molar-refractivity contribution in [1.82, 2.24) is 0 Å². The first-order valence-corrected chi connectivity index (χ1v) is 8.56. The largest absolute Gasteiger partial charge is 0.465 e. The second-order valence-corrected chi connectivity index (χ2v) is 7.41. The number of primary amides is 1. The number of fused-ring (bicyclic) bond motifs is 2. The maximum atomic E-state index is 12.6. The van der Waals surface area contributed by atoms with Crippen molar-refractivity contribution >= 4 is 34.1 Å². The molecule has 1 aromatic rings. The fourth-order valence-electron chi connectivity index (χ4n) is 3.96. The third-order valence-corrected chi connectivity index (χ3v) is 6.26. The second kappa shape index (κ2) is 5.96. The summed E-state index contributed by atoms with van der Waals surface area (Å²) in [7, 11) is 1.28. The van der Waals surface area contributed by atoms with Gasteiger partial charge in [-0.1, -0.05) is 6.42 Å². The maximum absolute atomic E-state index is 12.6. The third-order valence-electron chi connectivity index (χ3n) is 5.08. The topological polar surface area (TPSA) is 98.5 Å². The van der Waals surface area contributed by atoms with Crippen molar-refractivity contribution in [2.75, 3.05) is 12.4 Å². The highest BCUT2D eigenvalue weighted by Crippen LogP contribution is 2.48. The molecule has 0 aliphatic heterocycles. The van der Waals surface area contributed by atoms with Crippen molar-refractivity contribution in [2.24, 2.45) is 23.5 Å². The minimum Gasteiger partial charge on any atom is -0.465 e. The molecule has 2 aliphatic rings. The minimum absolute atomic E-state index is 0.00143. The highest BCUT2D eigenvalue weighted by atomic mass is 32.1. The molecule has 0 unspecified atom stereocenters. The van der Waals surface area contributed by atoms with Gasteiger partial charge in [-0.15, -0.1) is 11.3 Å². The first-order chi connectivity index (χ1) is 10.9. The Hall–Kier alpha value is -1.89. The highest BCUT2D eigenvalue weighted by molar-refractivity contribution is 7.18. The molecular formula is C16H20N2O4S. The van der Waals surface area contributed by atoms with Gasteiger partial charge in [-0.2, -0.15) is 0 Å². The zero-order valence-electron chi connectivity index (χ0n) is 13.2. The van der Waals surface area contributed by atoms with Gasteiger partial charge in [0.1, 0.15) is 9.88 Å². The molecule has 1 aromatic heterocycles. The van der Waals surface area contributed by atoms with Crippen LogP contribution in [0.2, 0.25) is 0 Å². The van der Waals surface area contributed by atoms with E-state index in [2.05, 4.69) is 5.32 Å². The van der Waals surface area contributed by atoms with Crippen LogP contribution in [0.4, 0.5) is 5.00 Å². The molecular weight excluding hydrogens is 316 g/mol. The SMILES string of the molecule is COC(=O)c1sc(NC(=O)[C@@H]2C[C@H]3CC[C@@H]2C3)c(C(N)=O)c1C. The molecule has 6 nitrogen and oxygen atoms in total. The fourth-order valence-corrected chi connectivity index (χ4v) is 5.09. The predicted molar refractivity (Wildman–Crippen MR) is 86.5 cm³/mol. The molecule has 0 spiro atoms. The number of esters is 1. The number of amides is 2. The molecule has 2 fully saturated rings. The van der Waals surface area contributed by atoms with E-state index in [0.29, 0.717) is 27.3 Å². The summed E-state index contributed by atoms with van der Waals surface area (Å²) < 4.78 is 4.72. The van der Waals surface area contributed by atoms with E-state index in [1.807, 2.05) is 0 Å². The van der Waals surface area contributed by atoms with Gasteiger partial charge < -0.3 is 15.8 Å². The van der Waals surface area contributed by atoms with Crippen LogP contribution in [0.5, 0.6) is 0 Å². The number of rotatable bonds is 4. The van der Waals surface area contributed by atoms with Crippen LogP contribution in [0.1, 0.15) is 51.3 Å². The summed E-state index contributed by atoms with van der Waals surface area (Å²) in [4.78, 5) is 36.4. The molecule has 2 aliphatic carbocycles.